The SMILES string of the molecule is C=CCOC(=O)C1=C(C)N=C2SC=C(CC(=O)NCC3CCCO3)N2C1c1cccc(OC)c1OC. The van der Waals surface area contributed by atoms with Crippen molar-refractivity contribution < 1.29 is 28.5 Å². The quantitative estimate of drug-likeness (QED) is 0.374. The summed E-state index contributed by atoms with van der Waals surface area (Å²) in [6, 6.07) is 4.87. The van der Waals surface area contributed by atoms with Crippen molar-refractivity contribution >= 4 is 28.8 Å². The number of para-hydroxylation sites is 1. The fourth-order valence-electron chi connectivity index (χ4n) is 4.52. The minimum Gasteiger partial charge on any atom is -0.493 e. The van der Waals surface area contributed by atoms with Crippen molar-refractivity contribution in [2.24, 2.45) is 4.99 Å². The number of hydrogen-bond donors (Lipinski definition) is 1. The summed E-state index contributed by atoms with van der Waals surface area (Å²) >= 11 is 1.41. The standard InChI is InChI=1S/C26H31N3O6S/c1-5-11-35-25(31)22-16(2)28-26-29(23(22)19-9-6-10-20(32-3)24(19)33-4)17(15-36-26)13-21(30)27-14-18-8-7-12-34-18/h5-6,9-10,15,18,23H,1,7-8,11-14H2,2-4H3,(H,27,30). The van der Waals surface area contributed by atoms with Gasteiger partial charge in [0.05, 0.1) is 44.1 Å². The van der Waals surface area contributed by atoms with E-state index in [9.17, 15) is 9.59 Å². The number of nitrogens with one attached hydrogen (secondary N) is 1. The molecule has 3 aliphatic heterocycles. The van der Waals surface area contributed by atoms with Gasteiger partial charge < -0.3 is 29.2 Å². The number of hydrogen-bond acceptors (Lipinski definition) is 9. The Morgan fingerprint density at radius 1 is 1.33 bits per heavy atom. The fourth-order valence-corrected chi connectivity index (χ4v) is 5.49. The number of carbonyl (C=O) groups excluding carboxylic acids is 2. The minimum atomic E-state index is -0.632. The number of rotatable bonds is 10. The van der Waals surface area contributed by atoms with E-state index in [0.29, 0.717) is 40.0 Å². The van der Waals surface area contributed by atoms with Crippen LogP contribution in [0.15, 0.2) is 58.2 Å². The molecule has 10 heteroatoms. The first kappa shape index (κ1) is 25.8. The minimum absolute atomic E-state index is 0.0543. The molecule has 0 radical (unpaired) electrons. The number of allylic oxidation sites excluding steroid dienone is 1. The third kappa shape index (κ3) is 5.29. The van der Waals surface area contributed by atoms with Gasteiger partial charge in [-0.1, -0.05) is 36.5 Å². The number of aliphatic imine (C=N–C) groups is 1. The summed E-state index contributed by atoms with van der Waals surface area (Å²) in [7, 11) is 3.12. The van der Waals surface area contributed by atoms with Gasteiger partial charge in [-0.05, 0) is 31.2 Å². The normalized spacial score (nSPS) is 20.9. The average Bonchev–Trinajstić information content (AvgIpc) is 3.54. The topological polar surface area (TPSA) is 98.7 Å². The molecule has 3 heterocycles. The van der Waals surface area contributed by atoms with Crippen molar-refractivity contribution in [2.75, 3.05) is 34.0 Å². The summed E-state index contributed by atoms with van der Waals surface area (Å²) in [5.74, 6) is 0.385. The number of methoxy groups -OCH3 is 2. The van der Waals surface area contributed by atoms with E-state index in [2.05, 4.69) is 16.9 Å². The highest BCUT2D eigenvalue weighted by Gasteiger charge is 2.42. The number of fused-ring (bicyclic) bond motifs is 1. The molecule has 0 saturated carbocycles. The van der Waals surface area contributed by atoms with Crippen molar-refractivity contribution in [3.63, 3.8) is 0 Å². The van der Waals surface area contributed by atoms with Crippen LogP contribution >= 0.6 is 11.8 Å². The Morgan fingerprint density at radius 3 is 2.86 bits per heavy atom. The highest BCUT2D eigenvalue weighted by Crippen LogP contribution is 2.48. The maximum atomic E-state index is 13.3. The monoisotopic (exact) mass is 513 g/mol. The molecule has 0 spiro atoms. The van der Waals surface area contributed by atoms with Crippen LogP contribution in [0.2, 0.25) is 0 Å². The summed E-state index contributed by atoms with van der Waals surface area (Å²) in [5, 5.41) is 5.54. The van der Waals surface area contributed by atoms with Crippen molar-refractivity contribution in [3.8, 4) is 11.5 Å². The average molecular weight is 514 g/mol. The molecule has 1 amide bonds. The van der Waals surface area contributed by atoms with Gasteiger partial charge in [-0.25, -0.2) is 9.79 Å². The summed E-state index contributed by atoms with van der Waals surface area (Å²) in [6.45, 7) is 6.69. The Labute approximate surface area is 215 Å². The van der Waals surface area contributed by atoms with Gasteiger partial charge >= 0.3 is 5.97 Å². The van der Waals surface area contributed by atoms with E-state index in [1.807, 2.05) is 22.4 Å². The van der Waals surface area contributed by atoms with E-state index in [0.717, 1.165) is 25.1 Å². The lowest BCUT2D eigenvalue weighted by atomic mass is 9.92. The van der Waals surface area contributed by atoms with Gasteiger partial charge in [0.15, 0.2) is 16.7 Å². The van der Waals surface area contributed by atoms with E-state index >= 15 is 0 Å². The van der Waals surface area contributed by atoms with Crippen LogP contribution in [0.4, 0.5) is 0 Å². The Kier molecular flexibility index (Phi) is 8.37. The first-order chi connectivity index (χ1) is 17.5. The van der Waals surface area contributed by atoms with Gasteiger partial charge in [-0.3, -0.25) is 4.79 Å². The largest absolute Gasteiger partial charge is 0.493 e. The van der Waals surface area contributed by atoms with E-state index < -0.39 is 12.0 Å². The molecule has 36 heavy (non-hydrogen) atoms. The molecular formula is C26H31N3O6S. The Balaban J connectivity index is 1.69. The first-order valence-electron chi connectivity index (χ1n) is 11.8. The summed E-state index contributed by atoms with van der Waals surface area (Å²) in [4.78, 5) is 32.7. The molecule has 3 aliphatic rings. The second-order valence-corrected chi connectivity index (χ2v) is 9.32. The number of thioether (sulfide) groups is 1. The zero-order valence-electron chi connectivity index (χ0n) is 20.7. The molecule has 9 nitrogen and oxygen atoms in total. The van der Waals surface area contributed by atoms with Crippen LogP contribution in [0.1, 0.15) is 37.8 Å². The number of nitrogens with zero attached hydrogens (tertiary/aromatic N) is 2. The summed E-state index contributed by atoms with van der Waals surface area (Å²) in [5.41, 5.74) is 2.32. The van der Waals surface area contributed by atoms with Crippen LogP contribution in [0.3, 0.4) is 0 Å². The van der Waals surface area contributed by atoms with Gasteiger partial charge in [0.2, 0.25) is 5.91 Å². The summed E-state index contributed by atoms with van der Waals surface area (Å²) < 4.78 is 22.3. The highest BCUT2D eigenvalue weighted by molar-refractivity contribution is 8.16. The van der Waals surface area contributed by atoms with Crippen LogP contribution in [-0.4, -0.2) is 62.0 Å². The lowest BCUT2D eigenvalue weighted by Gasteiger charge is -2.37. The number of amidine groups is 1. The van der Waals surface area contributed by atoms with E-state index in [4.69, 9.17) is 18.9 Å². The number of amides is 1. The van der Waals surface area contributed by atoms with Crippen LogP contribution in [0.5, 0.6) is 11.5 Å². The number of carbonyl (C=O) groups is 2. The molecule has 2 unspecified atom stereocenters. The van der Waals surface area contributed by atoms with Crippen molar-refractivity contribution in [1.82, 2.24) is 10.2 Å². The maximum Gasteiger partial charge on any atom is 0.338 e. The molecule has 1 N–H and O–H groups in total. The number of esters is 1. The van der Waals surface area contributed by atoms with Gasteiger partial charge in [0.25, 0.3) is 0 Å². The molecular weight excluding hydrogens is 482 g/mol. The van der Waals surface area contributed by atoms with Crippen LogP contribution in [0, 0.1) is 0 Å². The molecule has 1 saturated heterocycles. The molecule has 1 fully saturated rings. The predicted molar refractivity (Wildman–Crippen MR) is 138 cm³/mol. The predicted octanol–water partition coefficient (Wildman–Crippen LogP) is 3.69. The second kappa shape index (κ2) is 11.7. The van der Waals surface area contributed by atoms with Gasteiger partial charge in [-0.2, -0.15) is 0 Å². The molecule has 1 aromatic carbocycles. The van der Waals surface area contributed by atoms with E-state index in [1.54, 1.807) is 27.2 Å². The lowest BCUT2D eigenvalue weighted by molar-refractivity contribution is -0.138. The molecule has 192 valence electrons. The molecule has 0 aromatic heterocycles. The fraction of sp³-hybridized carbons (Fsp3) is 0.423. The Morgan fingerprint density at radius 2 is 2.17 bits per heavy atom. The zero-order chi connectivity index (χ0) is 25.7. The zero-order valence-corrected chi connectivity index (χ0v) is 21.6. The third-order valence-corrected chi connectivity index (χ3v) is 7.06. The van der Waals surface area contributed by atoms with E-state index in [-0.39, 0.29) is 25.0 Å². The van der Waals surface area contributed by atoms with Crippen molar-refractivity contribution in [1.29, 1.82) is 0 Å². The smallest absolute Gasteiger partial charge is 0.338 e. The van der Waals surface area contributed by atoms with Crippen molar-refractivity contribution in [2.45, 2.75) is 38.3 Å². The molecule has 1 aromatic rings. The maximum absolute atomic E-state index is 13.3. The number of benzene rings is 1. The molecule has 0 aliphatic carbocycles. The highest BCUT2D eigenvalue weighted by atomic mass is 32.2. The van der Waals surface area contributed by atoms with Crippen LogP contribution in [0.25, 0.3) is 0 Å². The third-order valence-electron chi connectivity index (χ3n) is 6.17. The van der Waals surface area contributed by atoms with Crippen LogP contribution in [-0.2, 0) is 19.1 Å². The second-order valence-electron chi connectivity index (χ2n) is 8.48. The van der Waals surface area contributed by atoms with Crippen LogP contribution < -0.4 is 14.8 Å². The van der Waals surface area contributed by atoms with Gasteiger partial charge in [0.1, 0.15) is 6.61 Å². The molecule has 2 atom stereocenters. The van der Waals surface area contributed by atoms with E-state index in [1.165, 1.54) is 17.8 Å². The van der Waals surface area contributed by atoms with Crippen molar-refractivity contribution in [3.05, 3.63) is 58.8 Å². The van der Waals surface area contributed by atoms with Gasteiger partial charge in [-0.15, -0.1) is 0 Å². The van der Waals surface area contributed by atoms with Gasteiger partial charge in [0, 0.05) is 24.4 Å². The number of ether oxygens (including phenoxy) is 4. The first-order valence-corrected chi connectivity index (χ1v) is 12.7. The summed E-state index contributed by atoms with van der Waals surface area (Å²) in [6.07, 6.45) is 3.65. The molecule has 4 rings (SSSR count). The Hall–Kier alpha value is -3.24. The Bertz CT molecular complexity index is 1120. The lowest BCUT2D eigenvalue weighted by Crippen LogP contribution is -2.39. The molecule has 0 bridgehead atoms.